The molecule has 0 aromatic heterocycles. The number of benzene rings is 1. The third kappa shape index (κ3) is 5.22. The van der Waals surface area contributed by atoms with Crippen LogP contribution in [0.25, 0.3) is 0 Å². The summed E-state index contributed by atoms with van der Waals surface area (Å²) in [6.07, 6.45) is 0.775. The van der Waals surface area contributed by atoms with Crippen molar-refractivity contribution < 1.29 is 8.42 Å². The fourth-order valence-corrected chi connectivity index (χ4v) is 4.14. The number of nitrogens with two attached hydrogens (primary N) is 1. The summed E-state index contributed by atoms with van der Waals surface area (Å²) in [6, 6.07) is 4.30. The number of sulfonamides is 1. The average Bonchev–Trinajstić information content (AvgIpc) is 2.32. The fraction of sp³-hybridized carbons (Fsp3) is 0.500. The number of hydrogen-bond acceptors (Lipinski definition) is 4. The van der Waals surface area contributed by atoms with E-state index in [2.05, 4.69) is 11.6 Å². The Morgan fingerprint density at radius 2 is 2.16 bits per heavy atom. The predicted octanol–water partition coefficient (Wildman–Crippen LogP) is 2.73. The van der Waals surface area contributed by atoms with Crippen LogP contribution in [-0.2, 0) is 10.0 Å². The molecular weight excluding hydrogens is 304 g/mol. The monoisotopic (exact) mass is 322 g/mol. The minimum absolute atomic E-state index is 0.0316. The lowest BCUT2D eigenvalue weighted by atomic mass is 10.3. The number of nitrogen functional groups attached to an aromatic ring is 1. The van der Waals surface area contributed by atoms with Gasteiger partial charge in [-0.2, -0.15) is 11.8 Å². The van der Waals surface area contributed by atoms with Crippen molar-refractivity contribution in [3.8, 4) is 0 Å². The third-order valence-corrected chi connectivity index (χ3v) is 5.50. The van der Waals surface area contributed by atoms with Crippen molar-refractivity contribution in [1.29, 1.82) is 0 Å². The van der Waals surface area contributed by atoms with Crippen LogP contribution in [0.5, 0.6) is 0 Å². The second kappa shape index (κ2) is 7.38. The minimum atomic E-state index is -3.62. The van der Waals surface area contributed by atoms with Gasteiger partial charge in [-0.05, 0) is 43.0 Å². The number of anilines is 1. The second-order valence-corrected chi connectivity index (χ2v) is 7.68. The van der Waals surface area contributed by atoms with E-state index in [4.69, 9.17) is 17.3 Å². The van der Waals surface area contributed by atoms with E-state index in [0.717, 1.165) is 17.9 Å². The zero-order valence-corrected chi connectivity index (χ0v) is 13.4. The standard InChI is InChI=1S/C12H19ClN2O2S2/c1-3-18-7-6-9(2)15-19(16,17)12-8-10(14)4-5-11(12)13/h4-5,8-9,15H,3,6-7,14H2,1-2H3. The molecule has 0 heterocycles. The second-order valence-electron chi connectivity index (χ2n) is 4.20. The van der Waals surface area contributed by atoms with Crippen LogP contribution < -0.4 is 10.5 Å². The van der Waals surface area contributed by atoms with E-state index < -0.39 is 10.0 Å². The number of nitrogens with one attached hydrogen (secondary N) is 1. The molecule has 3 N–H and O–H groups in total. The number of thioether (sulfide) groups is 1. The van der Waals surface area contributed by atoms with E-state index in [1.54, 1.807) is 17.8 Å². The van der Waals surface area contributed by atoms with Crippen LogP contribution in [0.3, 0.4) is 0 Å². The molecule has 1 aromatic carbocycles. The van der Waals surface area contributed by atoms with Gasteiger partial charge in [0.05, 0.1) is 5.02 Å². The maximum atomic E-state index is 12.2. The lowest BCUT2D eigenvalue weighted by Crippen LogP contribution is -2.33. The molecule has 1 unspecified atom stereocenters. The molecule has 1 atom stereocenters. The molecule has 0 fully saturated rings. The number of rotatable bonds is 7. The van der Waals surface area contributed by atoms with Gasteiger partial charge in [-0.25, -0.2) is 13.1 Å². The first-order valence-electron chi connectivity index (χ1n) is 6.02. The largest absolute Gasteiger partial charge is 0.399 e. The van der Waals surface area contributed by atoms with Crippen molar-refractivity contribution in [3.63, 3.8) is 0 Å². The van der Waals surface area contributed by atoms with Crippen molar-refractivity contribution in [1.82, 2.24) is 4.72 Å². The van der Waals surface area contributed by atoms with Crippen molar-refractivity contribution >= 4 is 39.1 Å². The smallest absolute Gasteiger partial charge is 0.242 e. The topological polar surface area (TPSA) is 72.2 Å². The van der Waals surface area contributed by atoms with E-state index in [0.29, 0.717) is 5.69 Å². The first-order chi connectivity index (χ1) is 8.86. The van der Waals surface area contributed by atoms with Crippen molar-refractivity contribution in [2.75, 3.05) is 17.2 Å². The van der Waals surface area contributed by atoms with Crippen LogP contribution in [0.15, 0.2) is 23.1 Å². The van der Waals surface area contributed by atoms with Gasteiger partial charge in [0.2, 0.25) is 10.0 Å². The summed E-state index contributed by atoms with van der Waals surface area (Å²) in [5.41, 5.74) is 5.97. The Labute approximate surface area is 124 Å². The summed E-state index contributed by atoms with van der Waals surface area (Å²) in [5, 5.41) is 0.178. The van der Waals surface area contributed by atoms with E-state index >= 15 is 0 Å². The molecule has 1 rings (SSSR count). The summed E-state index contributed by atoms with van der Waals surface area (Å²) in [5.74, 6) is 1.95. The highest BCUT2D eigenvalue weighted by atomic mass is 35.5. The van der Waals surface area contributed by atoms with Gasteiger partial charge in [-0.1, -0.05) is 18.5 Å². The SMILES string of the molecule is CCSCCC(C)NS(=O)(=O)c1cc(N)ccc1Cl. The molecule has 1 aromatic rings. The first kappa shape index (κ1) is 16.6. The zero-order valence-electron chi connectivity index (χ0n) is 11.0. The zero-order chi connectivity index (χ0) is 14.5. The Kier molecular flexibility index (Phi) is 6.46. The maximum absolute atomic E-state index is 12.2. The predicted molar refractivity (Wildman–Crippen MR) is 83.3 cm³/mol. The lowest BCUT2D eigenvalue weighted by Gasteiger charge is -2.15. The summed E-state index contributed by atoms with van der Waals surface area (Å²) in [6.45, 7) is 3.92. The van der Waals surface area contributed by atoms with Crippen LogP contribution in [0.1, 0.15) is 20.3 Å². The maximum Gasteiger partial charge on any atom is 0.242 e. The molecule has 7 heteroatoms. The molecule has 0 saturated carbocycles. The van der Waals surface area contributed by atoms with Gasteiger partial charge in [0.25, 0.3) is 0 Å². The van der Waals surface area contributed by atoms with Crippen LogP contribution in [0, 0.1) is 0 Å². The molecular formula is C12H19ClN2O2S2. The highest BCUT2D eigenvalue weighted by Gasteiger charge is 2.20. The molecule has 0 bridgehead atoms. The highest BCUT2D eigenvalue weighted by molar-refractivity contribution is 7.99. The minimum Gasteiger partial charge on any atom is -0.399 e. The lowest BCUT2D eigenvalue weighted by molar-refractivity contribution is 0.557. The van der Waals surface area contributed by atoms with Crippen LogP contribution >= 0.6 is 23.4 Å². The molecule has 0 aliphatic carbocycles. The van der Waals surface area contributed by atoms with E-state index in [1.807, 2.05) is 6.92 Å². The summed E-state index contributed by atoms with van der Waals surface area (Å²) in [4.78, 5) is 0.0316. The molecule has 0 amide bonds. The van der Waals surface area contributed by atoms with E-state index in [1.165, 1.54) is 12.1 Å². The van der Waals surface area contributed by atoms with E-state index in [-0.39, 0.29) is 16.0 Å². The van der Waals surface area contributed by atoms with Gasteiger partial charge >= 0.3 is 0 Å². The summed E-state index contributed by atoms with van der Waals surface area (Å²) in [7, 11) is -3.62. The molecule has 108 valence electrons. The Morgan fingerprint density at radius 1 is 1.47 bits per heavy atom. The van der Waals surface area contributed by atoms with Crippen LogP contribution in [-0.4, -0.2) is 26.0 Å². The molecule has 19 heavy (non-hydrogen) atoms. The van der Waals surface area contributed by atoms with E-state index in [9.17, 15) is 8.42 Å². The summed E-state index contributed by atoms with van der Waals surface area (Å²) < 4.78 is 27.0. The molecule has 0 saturated heterocycles. The Balaban J connectivity index is 2.78. The van der Waals surface area contributed by atoms with Gasteiger partial charge in [-0.3, -0.25) is 0 Å². The Bertz CT molecular complexity index is 520. The van der Waals surface area contributed by atoms with Gasteiger partial charge < -0.3 is 5.73 Å². The van der Waals surface area contributed by atoms with Gasteiger partial charge in [0.15, 0.2) is 0 Å². The number of halogens is 1. The van der Waals surface area contributed by atoms with Crippen LogP contribution in [0.4, 0.5) is 5.69 Å². The van der Waals surface area contributed by atoms with Crippen molar-refractivity contribution in [2.45, 2.75) is 31.2 Å². The van der Waals surface area contributed by atoms with Crippen molar-refractivity contribution in [3.05, 3.63) is 23.2 Å². The Hall–Kier alpha value is -0.430. The van der Waals surface area contributed by atoms with Gasteiger partial charge in [-0.15, -0.1) is 0 Å². The molecule has 0 aliphatic rings. The molecule has 0 radical (unpaired) electrons. The highest BCUT2D eigenvalue weighted by Crippen LogP contribution is 2.24. The normalized spacial score (nSPS) is 13.4. The molecule has 0 spiro atoms. The Morgan fingerprint density at radius 3 is 2.79 bits per heavy atom. The molecule has 0 aliphatic heterocycles. The average molecular weight is 323 g/mol. The molecule has 4 nitrogen and oxygen atoms in total. The summed E-state index contributed by atoms with van der Waals surface area (Å²) >= 11 is 7.70. The third-order valence-electron chi connectivity index (χ3n) is 2.50. The first-order valence-corrected chi connectivity index (χ1v) is 9.03. The van der Waals surface area contributed by atoms with Crippen LogP contribution in [0.2, 0.25) is 5.02 Å². The fourth-order valence-electron chi connectivity index (χ4n) is 1.52. The van der Waals surface area contributed by atoms with Gasteiger partial charge in [0, 0.05) is 11.7 Å². The van der Waals surface area contributed by atoms with Gasteiger partial charge in [0.1, 0.15) is 4.90 Å². The quantitative estimate of drug-likeness (QED) is 0.598. The number of hydrogen-bond donors (Lipinski definition) is 2. The van der Waals surface area contributed by atoms with Crippen molar-refractivity contribution in [2.24, 2.45) is 0 Å².